The number of rotatable bonds is 5. The van der Waals surface area contributed by atoms with Crippen molar-refractivity contribution in [3.05, 3.63) is 21.6 Å². The number of sulfonamides is 1. The minimum Gasteiger partial charge on any atom is -0.398 e. The van der Waals surface area contributed by atoms with Crippen LogP contribution in [0.1, 0.15) is 26.7 Å². The van der Waals surface area contributed by atoms with Gasteiger partial charge in [-0.1, -0.05) is 25.4 Å². The van der Waals surface area contributed by atoms with E-state index in [1.54, 1.807) is 0 Å². The van der Waals surface area contributed by atoms with Crippen molar-refractivity contribution in [1.82, 2.24) is 4.72 Å². The van der Waals surface area contributed by atoms with Crippen LogP contribution in [-0.4, -0.2) is 14.5 Å². The number of anilines is 1. The molecule has 3 N–H and O–H groups in total. The van der Waals surface area contributed by atoms with Crippen molar-refractivity contribution in [3.63, 3.8) is 0 Å². The van der Waals surface area contributed by atoms with Crippen LogP contribution in [0.25, 0.3) is 0 Å². The quantitative estimate of drug-likeness (QED) is 0.797. The Balaban J connectivity index is 3.20. The molecule has 0 spiro atoms. The van der Waals surface area contributed by atoms with Gasteiger partial charge in [-0.25, -0.2) is 13.1 Å². The molecular weight excluding hydrogens is 340 g/mol. The molecule has 0 unspecified atom stereocenters. The van der Waals surface area contributed by atoms with E-state index in [1.165, 1.54) is 12.1 Å². The van der Waals surface area contributed by atoms with Gasteiger partial charge in [-0.05, 0) is 40.9 Å². The largest absolute Gasteiger partial charge is 0.398 e. The van der Waals surface area contributed by atoms with Crippen molar-refractivity contribution in [2.24, 2.45) is 0 Å². The third kappa shape index (κ3) is 3.60. The van der Waals surface area contributed by atoms with Crippen molar-refractivity contribution in [3.8, 4) is 0 Å². The molecule has 18 heavy (non-hydrogen) atoms. The second kappa shape index (κ2) is 6.23. The van der Waals surface area contributed by atoms with E-state index < -0.39 is 10.0 Å². The predicted molar refractivity (Wildman–Crippen MR) is 78.3 cm³/mol. The van der Waals surface area contributed by atoms with E-state index in [-0.39, 0.29) is 10.9 Å². The first-order valence-corrected chi connectivity index (χ1v) is 8.24. The summed E-state index contributed by atoms with van der Waals surface area (Å²) in [5.74, 6) is 0. The second-order valence-corrected chi connectivity index (χ2v) is 6.85. The average Bonchev–Trinajstić information content (AvgIpc) is 2.30. The summed E-state index contributed by atoms with van der Waals surface area (Å²) < 4.78 is 27.4. The Morgan fingerprint density at radius 2 is 1.94 bits per heavy atom. The average molecular weight is 356 g/mol. The number of nitrogens with two attached hydrogens (primary N) is 1. The SMILES string of the molecule is CCC(CC)NS(=O)(=O)c1cc(Cl)cc(N)c1Br. The lowest BCUT2D eigenvalue weighted by molar-refractivity contribution is 0.530. The molecule has 0 aliphatic heterocycles. The molecule has 0 fully saturated rings. The van der Waals surface area contributed by atoms with Crippen LogP contribution in [0.4, 0.5) is 5.69 Å². The maximum Gasteiger partial charge on any atom is 0.242 e. The van der Waals surface area contributed by atoms with Gasteiger partial charge in [0.05, 0.1) is 9.37 Å². The van der Waals surface area contributed by atoms with Gasteiger partial charge in [-0.2, -0.15) is 0 Å². The molecule has 0 aromatic heterocycles. The van der Waals surface area contributed by atoms with Crippen LogP contribution in [0.2, 0.25) is 5.02 Å². The Hall–Kier alpha value is -0.300. The maximum atomic E-state index is 12.2. The van der Waals surface area contributed by atoms with E-state index in [2.05, 4.69) is 20.7 Å². The van der Waals surface area contributed by atoms with Gasteiger partial charge in [0.25, 0.3) is 0 Å². The van der Waals surface area contributed by atoms with Gasteiger partial charge in [-0.15, -0.1) is 0 Å². The van der Waals surface area contributed by atoms with E-state index in [0.717, 1.165) is 12.8 Å². The normalized spacial score (nSPS) is 12.1. The van der Waals surface area contributed by atoms with Crippen LogP contribution >= 0.6 is 27.5 Å². The molecule has 1 aromatic carbocycles. The molecular formula is C11H16BrClN2O2S. The van der Waals surface area contributed by atoms with Crippen LogP contribution < -0.4 is 10.5 Å². The smallest absolute Gasteiger partial charge is 0.242 e. The highest BCUT2D eigenvalue weighted by Gasteiger charge is 2.22. The standard InChI is InChI=1S/C11H16BrClN2O2S/c1-3-8(4-2)15-18(16,17)10-6-7(13)5-9(14)11(10)12/h5-6,8,15H,3-4,14H2,1-2H3. The van der Waals surface area contributed by atoms with E-state index in [1.807, 2.05) is 13.8 Å². The molecule has 1 aromatic rings. The summed E-state index contributed by atoms with van der Waals surface area (Å²) in [5, 5.41) is 0.292. The van der Waals surface area contributed by atoms with Crippen LogP contribution in [0.15, 0.2) is 21.5 Å². The lowest BCUT2D eigenvalue weighted by Crippen LogP contribution is -2.34. The zero-order chi connectivity index (χ0) is 13.9. The third-order valence-electron chi connectivity index (χ3n) is 2.63. The number of halogens is 2. The predicted octanol–water partition coefficient (Wildman–Crippen LogP) is 3.15. The zero-order valence-corrected chi connectivity index (χ0v) is 13.4. The molecule has 102 valence electrons. The summed E-state index contributed by atoms with van der Waals surface area (Å²) in [4.78, 5) is 0.0689. The van der Waals surface area contributed by atoms with Crippen molar-refractivity contribution in [2.45, 2.75) is 37.6 Å². The highest BCUT2D eigenvalue weighted by Crippen LogP contribution is 2.31. The van der Waals surface area contributed by atoms with Crippen molar-refractivity contribution < 1.29 is 8.42 Å². The molecule has 0 atom stereocenters. The topological polar surface area (TPSA) is 72.2 Å². The molecule has 0 heterocycles. The van der Waals surface area contributed by atoms with Gasteiger partial charge >= 0.3 is 0 Å². The number of hydrogen-bond donors (Lipinski definition) is 2. The number of nitrogens with one attached hydrogen (secondary N) is 1. The summed E-state index contributed by atoms with van der Waals surface area (Å²) in [7, 11) is -3.62. The minimum atomic E-state index is -3.62. The highest BCUT2D eigenvalue weighted by molar-refractivity contribution is 9.10. The zero-order valence-electron chi connectivity index (χ0n) is 10.2. The van der Waals surface area contributed by atoms with E-state index in [9.17, 15) is 8.42 Å². The fourth-order valence-electron chi connectivity index (χ4n) is 1.52. The molecule has 1 rings (SSSR count). The molecule has 0 amide bonds. The first-order chi connectivity index (χ1) is 8.31. The monoisotopic (exact) mass is 354 g/mol. The van der Waals surface area contributed by atoms with Crippen molar-refractivity contribution >= 4 is 43.2 Å². The first-order valence-electron chi connectivity index (χ1n) is 5.58. The molecule has 4 nitrogen and oxygen atoms in total. The van der Waals surface area contributed by atoms with Crippen LogP contribution in [0.3, 0.4) is 0 Å². The second-order valence-electron chi connectivity index (χ2n) is 3.94. The Labute approximate surface area is 121 Å². The van der Waals surface area contributed by atoms with E-state index in [0.29, 0.717) is 15.2 Å². The molecule has 7 heteroatoms. The first kappa shape index (κ1) is 15.8. The Bertz CT molecular complexity index is 530. The molecule has 0 bridgehead atoms. The number of benzene rings is 1. The molecule has 0 saturated carbocycles. The summed E-state index contributed by atoms with van der Waals surface area (Å²) in [5.41, 5.74) is 5.99. The lowest BCUT2D eigenvalue weighted by Gasteiger charge is -2.16. The number of hydrogen-bond acceptors (Lipinski definition) is 3. The van der Waals surface area contributed by atoms with Gasteiger partial charge in [0, 0.05) is 16.8 Å². The van der Waals surface area contributed by atoms with Gasteiger partial charge in [0.15, 0.2) is 0 Å². The fourth-order valence-corrected chi connectivity index (χ4v) is 4.21. The Morgan fingerprint density at radius 3 is 2.44 bits per heavy atom. The maximum absolute atomic E-state index is 12.2. The third-order valence-corrected chi connectivity index (χ3v) is 5.54. The van der Waals surface area contributed by atoms with Gasteiger partial charge in [-0.3, -0.25) is 0 Å². The minimum absolute atomic E-state index is 0.0689. The Kier molecular flexibility index (Phi) is 5.46. The Morgan fingerprint density at radius 1 is 1.39 bits per heavy atom. The van der Waals surface area contributed by atoms with E-state index >= 15 is 0 Å². The van der Waals surface area contributed by atoms with Crippen molar-refractivity contribution in [2.75, 3.05) is 5.73 Å². The highest BCUT2D eigenvalue weighted by atomic mass is 79.9. The summed E-state index contributed by atoms with van der Waals surface area (Å²) in [6, 6.07) is 2.79. The van der Waals surface area contributed by atoms with Crippen LogP contribution in [0.5, 0.6) is 0 Å². The van der Waals surface area contributed by atoms with Crippen molar-refractivity contribution in [1.29, 1.82) is 0 Å². The van der Waals surface area contributed by atoms with Gasteiger partial charge in [0.2, 0.25) is 10.0 Å². The van der Waals surface area contributed by atoms with Crippen LogP contribution in [-0.2, 0) is 10.0 Å². The molecule has 0 radical (unpaired) electrons. The van der Waals surface area contributed by atoms with Gasteiger partial charge in [0.1, 0.15) is 0 Å². The van der Waals surface area contributed by atoms with Crippen LogP contribution in [0, 0.1) is 0 Å². The molecule has 0 aliphatic rings. The fraction of sp³-hybridized carbons (Fsp3) is 0.455. The van der Waals surface area contributed by atoms with E-state index in [4.69, 9.17) is 17.3 Å². The summed E-state index contributed by atoms with van der Waals surface area (Å²) in [6.07, 6.45) is 1.45. The number of nitrogen functional groups attached to an aromatic ring is 1. The molecule has 0 saturated heterocycles. The molecule has 0 aliphatic carbocycles. The lowest BCUT2D eigenvalue weighted by atomic mass is 10.2. The van der Waals surface area contributed by atoms with Gasteiger partial charge < -0.3 is 5.73 Å². The summed E-state index contributed by atoms with van der Waals surface area (Å²) >= 11 is 9.02. The summed E-state index contributed by atoms with van der Waals surface area (Å²) in [6.45, 7) is 3.86.